The fourth-order valence-corrected chi connectivity index (χ4v) is 2.43. The first-order chi connectivity index (χ1) is 9.43. The zero-order valence-electron chi connectivity index (χ0n) is 10.4. The molecule has 0 aliphatic heterocycles. The molecule has 20 heavy (non-hydrogen) atoms. The number of imidazole rings is 1. The molecule has 0 spiro atoms. The minimum atomic E-state index is 0. The van der Waals surface area contributed by atoms with E-state index in [1.165, 1.54) is 5.56 Å². The summed E-state index contributed by atoms with van der Waals surface area (Å²) in [6.45, 7) is 0. The van der Waals surface area contributed by atoms with Gasteiger partial charge in [-0.15, -0.1) is 23.6 Å². The Balaban J connectivity index is 0.00000121. The first-order valence-corrected chi connectivity index (χ1v) is 6.10. The van der Waals surface area contributed by atoms with Gasteiger partial charge in [-0.1, -0.05) is 17.0 Å². The number of nitrogens with zero attached hydrogens (tertiary/aromatic N) is 3. The molecule has 3 nitrogen and oxygen atoms in total. The van der Waals surface area contributed by atoms with Gasteiger partial charge in [-0.2, -0.15) is 0 Å². The maximum atomic E-state index is 4.40. The number of hydrogen-bond donors (Lipinski definition) is 0. The van der Waals surface area contributed by atoms with E-state index in [0.717, 1.165) is 22.0 Å². The van der Waals surface area contributed by atoms with E-state index in [-0.39, 0.29) is 21.1 Å². The van der Waals surface area contributed by atoms with Crippen molar-refractivity contribution in [1.29, 1.82) is 0 Å². The molecule has 0 atom stereocenters. The van der Waals surface area contributed by atoms with E-state index >= 15 is 0 Å². The third kappa shape index (κ3) is 1.95. The summed E-state index contributed by atoms with van der Waals surface area (Å²) in [7, 11) is 0. The number of rotatable bonds is 1. The maximum Gasteiger partial charge on any atom is 0.0603 e. The summed E-state index contributed by atoms with van der Waals surface area (Å²) in [6, 6.07) is 13.5. The molecule has 0 saturated carbocycles. The molecule has 0 amide bonds. The molecule has 0 aliphatic rings. The van der Waals surface area contributed by atoms with Crippen LogP contribution in [-0.4, -0.2) is 14.4 Å². The van der Waals surface area contributed by atoms with Crippen molar-refractivity contribution in [3.63, 3.8) is 0 Å². The normalized spacial score (nSPS) is 10.6. The smallest absolute Gasteiger partial charge is 0.0603 e. The zero-order valence-corrected chi connectivity index (χ0v) is 12.7. The molecule has 3 heterocycles. The van der Waals surface area contributed by atoms with Crippen LogP contribution in [0.1, 0.15) is 0 Å². The Labute approximate surface area is 130 Å². The maximum absolute atomic E-state index is 4.40. The average Bonchev–Trinajstić information content (AvgIpc) is 2.96. The Morgan fingerprint density at radius 1 is 0.950 bits per heavy atom. The van der Waals surface area contributed by atoms with Gasteiger partial charge in [0.1, 0.15) is 0 Å². The summed E-state index contributed by atoms with van der Waals surface area (Å²) in [6.07, 6.45) is 9.41. The minimum Gasteiger partial charge on any atom is -0.347 e. The predicted molar refractivity (Wildman–Crippen MR) is 74.8 cm³/mol. The van der Waals surface area contributed by atoms with Gasteiger partial charge in [0.25, 0.3) is 0 Å². The molecule has 1 aromatic carbocycles. The van der Waals surface area contributed by atoms with Crippen LogP contribution in [0.3, 0.4) is 0 Å². The Kier molecular flexibility index (Phi) is 3.37. The quantitative estimate of drug-likeness (QED) is 0.426. The van der Waals surface area contributed by atoms with Crippen LogP contribution in [0.4, 0.5) is 0 Å². The van der Waals surface area contributed by atoms with Crippen molar-refractivity contribution >= 4 is 16.4 Å². The number of pyridine rings is 2. The van der Waals surface area contributed by atoms with Gasteiger partial charge in [0, 0.05) is 45.9 Å². The predicted octanol–water partition coefficient (Wildman–Crippen LogP) is 3.35. The molecule has 0 N–H and O–H groups in total. The van der Waals surface area contributed by atoms with Crippen LogP contribution in [0, 0.1) is 6.07 Å². The van der Waals surface area contributed by atoms with Crippen LogP contribution in [0.5, 0.6) is 0 Å². The molecular weight excluding hydrogens is 429 g/mol. The van der Waals surface area contributed by atoms with Crippen molar-refractivity contribution in [2.24, 2.45) is 0 Å². The Morgan fingerprint density at radius 3 is 2.65 bits per heavy atom. The monoisotopic (exact) mass is 439 g/mol. The molecule has 100 valence electrons. The van der Waals surface area contributed by atoms with Crippen molar-refractivity contribution in [3.05, 3.63) is 67.4 Å². The third-order valence-corrected chi connectivity index (χ3v) is 3.32. The zero-order chi connectivity index (χ0) is 12.7. The second kappa shape index (κ2) is 5.18. The average molecular weight is 439 g/mol. The van der Waals surface area contributed by atoms with Crippen LogP contribution in [0.15, 0.2) is 61.3 Å². The van der Waals surface area contributed by atoms with Gasteiger partial charge >= 0.3 is 0 Å². The van der Waals surface area contributed by atoms with Gasteiger partial charge in [0.15, 0.2) is 0 Å². The minimum absolute atomic E-state index is 0. The molecule has 0 fully saturated rings. The van der Waals surface area contributed by atoms with Crippen molar-refractivity contribution in [2.75, 3.05) is 0 Å². The van der Waals surface area contributed by atoms with Crippen molar-refractivity contribution in [2.45, 2.75) is 0 Å². The summed E-state index contributed by atoms with van der Waals surface area (Å²) in [4.78, 5) is 8.47. The summed E-state index contributed by atoms with van der Waals surface area (Å²) in [5.41, 5.74) is 3.28. The molecule has 0 radical (unpaired) electrons. The number of aromatic nitrogens is 3. The summed E-state index contributed by atoms with van der Waals surface area (Å²) < 4.78 is 2.01. The topological polar surface area (TPSA) is 30.2 Å². The second-order valence-electron chi connectivity index (χ2n) is 4.39. The molecule has 4 rings (SSSR count). The largest absolute Gasteiger partial charge is 0.347 e. The summed E-state index contributed by atoms with van der Waals surface area (Å²) >= 11 is 0. The standard InChI is InChI=1S/C16H10N3.Pt/c1-2-13(12-4-7-17-8-5-12)14-6-10-19-11-9-18-16(19)15(14)3-1;/h1-2,4-11H;/q-1;. The van der Waals surface area contributed by atoms with E-state index in [0.29, 0.717) is 0 Å². The first kappa shape index (κ1) is 13.0. The molecule has 3 aromatic heterocycles. The summed E-state index contributed by atoms with van der Waals surface area (Å²) in [5.74, 6) is 0. The molecule has 4 aromatic rings. The van der Waals surface area contributed by atoms with E-state index in [9.17, 15) is 0 Å². The van der Waals surface area contributed by atoms with Gasteiger partial charge in [0.2, 0.25) is 0 Å². The SMILES string of the molecule is [Pt].[c-]1ccc(-c2ccncc2)c2ccn3ccnc3c12. The van der Waals surface area contributed by atoms with Gasteiger partial charge in [-0.05, 0) is 23.9 Å². The fraction of sp³-hybridized carbons (Fsp3) is 0. The van der Waals surface area contributed by atoms with Crippen LogP contribution in [0.2, 0.25) is 0 Å². The van der Waals surface area contributed by atoms with Gasteiger partial charge in [-0.25, -0.2) is 0 Å². The van der Waals surface area contributed by atoms with E-state index in [1.807, 2.05) is 53.6 Å². The third-order valence-electron chi connectivity index (χ3n) is 3.32. The Hall–Kier alpha value is -1.99. The first-order valence-electron chi connectivity index (χ1n) is 6.10. The van der Waals surface area contributed by atoms with Crippen LogP contribution >= 0.6 is 0 Å². The Morgan fingerprint density at radius 2 is 1.80 bits per heavy atom. The number of benzene rings is 1. The van der Waals surface area contributed by atoms with E-state index in [1.54, 1.807) is 0 Å². The molecule has 0 unspecified atom stereocenters. The van der Waals surface area contributed by atoms with Crippen LogP contribution in [0.25, 0.3) is 27.5 Å². The van der Waals surface area contributed by atoms with Crippen molar-refractivity contribution < 1.29 is 21.1 Å². The van der Waals surface area contributed by atoms with Crippen molar-refractivity contribution in [3.8, 4) is 11.1 Å². The second-order valence-corrected chi connectivity index (χ2v) is 4.39. The fourth-order valence-electron chi connectivity index (χ4n) is 2.43. The molecule has 0 aliphatic carbocycles. The van der Waals surface area contributed by atoms with E-state index in [2.05, 4.69) is 28.2 Å². The van der Waals surface area contributed by atoms with Crippen molar-refractivity contribution in [1.82, 2.24) is 14.4 Å². The van der Waals surface area contributed by atoms with E-state index in [4.69, 9.17) is 0 Å². The molecule has 0 bridgehead atoms. The van der Waals surface area contributed by atoms with Gasteiger partial charge in [-0.3, -0.25) is 9.97 Å². The molecule has 0 saturated heterocycles. The van der Waals surface area contributed by atoms with Gasteiger partial charge in [0.05, 0.1) is 5.65 Å². The van der Waals surface area contributed by atoms with Crippen LogP contribution < -0.4 is 0 Å². The summed E-state index contributed by atoms with van der Waals surface area (Å²) in [5, 5.41) is 2.20. The Bertz CT molecular complexity index is 869. The number of fused-ring (bicyclic) bond motifs is 3. The van der Waals surface area contributed by atoms with Gasteiger partial charge < -0.3 is 4.40 Å². The molecular formula is C16H10N3Pt-. The number of hydrogen-bond acceptors (Lipinski definition) is 2. The van der Waals surface area contributed by atoms with Crippen LogP contribution in [-0.2, 0) is 21.1 Å². The molecule has 4 heteroatoms. The van der Waals surface area contributed by atoms with E-state index < -0.39 is 0 Å².